The van der Waals surface area contributed by atoms with E-state index in [0.717, 1.165) is 18.8 Å². The van der Waals surface area contributed by atoms with Gasteiger partial charge in [0.25, 0.3) is 10.3 Å². The van der Waals surface area contributed by atoms with Gasteiger partial charge in [-0.15, -0.1) is 0 Å². The fraction of sp³-hybridized carbons (Fsp3) is 0.538. The molecule has 1 aliphatic rings. The van der Waals surface area contributed by atoms with E-state index in [4.69, 9.17) is 4.74 Å². The molecular formula is C13H21N2O2S+. The van der Waals surface area contributed by atoms with Gasteiger partial charge in [0.1, 0.15) is 6.26 Å². The average molecular weight is 269 g/mol. The van der Waals surface area contributed by atoms with Crippen molar-refractivity contribution < 1.29 is 8.95 Å². The van der Waals surface area contributed by atoms with Crippen LogP contribution in [0, 0.1) is 6.92 Å². The van der Waals surface area contributed by atoms with Gasteiger partial charge < -0.3 is 4.74 Å². The summed E-state index contributed by atoms with van der Waals surface area (Å²) in [6, 6.07) is 8.11. The molecule has 2 rings (SSSR count). The molecule has 100 valence electrons. The molecule has 0 spiro atoms. The van der Waals surface area contributed by atoms with E-state index in [1.807, 2.05) is 39.9 Å². The molecule has 0 amide bonds. The van der Waals surface area contributed by atoms with E-state index in [0.29, 0.717) is 13.2 Å². The molecule has 0 aromatic heterocycles. The third-order valence-corrected chi connectivity index (χ3v) is 5.91. The van der Waals surface area contributed by atoms with Crippen molar-refractivity contribution in [2.24, 2.45) is 0 Å². The number of morpholine rings is 1. The molecule has 1 aliphatic heterocycles. The number of aryl methyl sites for hydroxylation is 1. The Hall–Kier alpha value is -0.910. The Kier molecular flexibility index (Phi) is 4.04. The number of anilines is 1. The fourth-order valence-electron chi connectivity index (χ4n) is 2.01. The molecule has 1 atom stereocenters. The normalized spacial score (nSPS) is 20.4. The van der Waals surface area contributed by atoms with Crippen LogP contribution in [0.1, 0.15) is 5.56 Å². The van der Waals surface area contributed by atoms with Crippen LogP contribution in [-0.2, 0) is 19.3 Å². The van der Waals surface area contributed by atoms with Crippen LogP contribution in [-0.4, -0.2) is 43.9 Å². The van der Waals surface area contributed by atoms with E-state index >= 15 is 0 Å². The lowest BCUT2D eigenvalue weighted by Crippen LogP contribution is -2.51. The molecule has 1 aromatic carbocycles. The minimum atomic E-state index is -2.19. The van der Waals surface area contributed by atoms with E-state index in [1.54, 1.807) is 6.26 Å². The second-order valence-corrected chi connectivity index (χ2v) is 7.23. The first kappa shape index (κ1) is 13.5. The summed E-state index contributed by atoms with van der Waals surface area (Å²) in [7, 11) is -0.300. The molecule has 0 bridgehead atoms. The van der Waals surface area contributed by atoms with Gasteiger partial charge in [0.2, 0.25) is 0 Å². The summed E-state index contributed by atoms with van der Waals surface area (Å²) in [5.74, 6) is 0. The Morgan fingerprint density at radius 3 is 2.33 bits per heavy atom. The van der Waals surface area contributed by atoms with Gasteiger partial charge in [0.05, 0.1) is 39.0 Å². The van der Waals surface area contributed by atoms with Crippen molar-refractivity contribution in [1.29, 1.82) is 0 Å². The number of hydrogen-bond acceptors (Lipinski definition) is 2. The lowest BCUT2D eigenvalue weighted by atomic mass is 10.2. The summed E-state index contributed by atoms with van der Waals surface area (Å²) in [6.45, 7) is 4.82. The molecule has 0 aliphatic carbocycles. The Labute approximate surface area is 110 Å². The van der Waals surface area contributed by atoms with Crippen molar-refractivity contribution in [2.75, 3.05) is 43.9 Å². The first-order valence-corrected chi connectivity index (χ1v) is 8.02. The third kappa shape index (κ3) is 2.74. The zero-order valence-electron chi connectivity index (χ0n) is 11.3. The summed E-state index contributed by atoms with van der Waals surface area (Å²) in [5.41, 5.74) is 2.20. The predicted octanol–water partition coefficient (Wildman–Crippen LogP) is 1.72. The fourth-order valence-corrected chi connectivity index (χ4v) is 3.69. The van der Waals surface area contributed by atoms with Crippen LogP contribution in [0.15, 0.2) is 24.3 Å². The summed E-state index contributed by atoms with van der Waals surface area (Å²) >= 11 is 0. The first-order valence-electron chi connectivity index (χ1n) is 6.14. The summed E-state index contributed by atoms with van der Waals surface area (Å²) in [4.78, 5) is 0. The van der Waals surface area contributed by atoms with Crippen molar-refractivity contribution in [3.63, 3.8) is 0 Å². The minimum Gasteiger partial charge on any atom is -0.378 e. The second kappa shape index (κ2) is 5.38. The number of benzene rings is 1. The summed E-state index contributed by atoms with van der Waals surface area (Å²) in [6.07, 6.45) is 1.80. The van der Waals surface area contributed by atoms with Crippen LogP contribution in [0.5, 0.6) is 0 Å². The van der Waals surface area contributed by atoms with Gasteiger partial charge in [-0.3, -0.25) is 0 Å². The Morgan fingerprint density at radius 2 is 1.78 bits per heavy atom. The maximum Gasteiger partial charge on any atom is 0.251 e. The molecule has 1 unspecified atom stereocenters. The van der Waals surface area contributed by atoms with E-state index in [1.165, 1.54) is 5.56 Å². The molecule has 4 nitrogen and oxygen atoms in total. The topological polar surface area (TPSA) is 32.8 Å². The molecule has 0 saturated carbocycles. The Morgan fingerprint density at radius 1 is 1.22 bits per heavy atom. The number of ether oxygens (including phenoxy) is 1. The average Bonchev–Trinajstić information content (AvgIpc) is 2.40. The van der Waals surface area contributed by atoms with E-state index in [9.17, 15) is 4.21 Å². The highest BCUT2D eigenvalue weighted by atomic mass is 32.3. The monoisotopic (exact) mass is 269 g/mol. The maximum atomic E-state index is 12.9. The van der Waals surface area contributed by atoms with Crippen LogP contribution in [0.4, 0.5) is 5.69 Å². The van der Waals surface area contributed by atoms with Crippen molar-refractivity contribution in [3.8, 4) is 0 Å². The van der Waals surface area contributed by atoms with Crippen LogP contribution in [0.3, 0.4) is 0 Å². The largest absolute Gasteiger partial charge is 0.378 e. The van der Waals surface area contributed by atoms with Gasteiger partial charge >= 0.3 is 0 Å². The van der Waals surface area contributed by atoms with Crippen LogP contribution < -0.4 is 4.31 Å². The number of rotatable bonds is 3. The molecule has 18 heavy (non-hydrogen) atoms. The maximum absolute atomic E-state index is 12.9. The Bertz CT molecular complexity index is 441. The van der Waals surface area contributed by atoms with Gasteiger partial charge in [-0.2, -0.15) is 4.31 Å². The van der Waals surface area contributed by atoms with Crippen molar-refractivity contribution in [3.05, 3.63) is 29.8 Å². The van der Waals surface area contributed by atoms with E-state index in [2.05, 4.69) is 6.92 Å². The minimum absolute atomic E-state index is 0.659. The number of nitrogens with zero attached hydrogens (tertiary/aromatic N) is 2. The summed E-state index contributed by atoms with van der Waals surface area (Å²) in [5, 5.41) is 0. The van der Waals surface area contributed by atoms with Crippen LogP contribution in [0.25, 0.3) is 0 Å². The smallest absolute Gasteiger partial charge is 0.251 e. The standard InChI is InChI=1S/C13H21N2O2S/c1-12-4-6-13(7-5-12)14(2)18(3,16)15-8-10-17-11-9-15/h4-7H,8-11H2,1-3H3/q+1. The van der Waals surface area contributed by atoms with E-state index in [-0.39, 0.29) is 0 Å². The highest BCUT2D eigenvalue weighted by molar-refractivity contribution is 8.01. The highest BCUT2D eigenvalue weighted by Gasteiger charge is 2.38. The molecule has 0 N–H and O–H groups in total. The Balaban J connectivity index is 2.17. The lowest BCUT2D eigenvalue weighted by molar-refractivity contribution is 0.0737. The highest BCUT2D eigenvalue weighted by Crippen LogP contribution is 2.23. The lowest BCUT2D eigenvalue weighted by Gasteiger charge is -2.31. The van der Waals surface area contributed by atoms with E-state index < -0.39 is 10.3 Å². The van der Waals surface area contributed by atoms with Crippen LogP contribution >= 0.6 is 0 Å². The molecular weight excluding hydrogens is 248 g/mol. The first-order chi connectivity index (χ1) is 8.51. The summed E-state index contributed by atoms with van der Waals surface area (Å²) < 4.78 is 22.1. The van der Waals surface area contributed by atoms with Crippen molar-refractivity contribution in [2.45, 2.75) is 6.92 Å². The predicted molar refractivity (Wildman–Crippen MR) is 75.9 cm³/mol. The van der Waals surface area contributed by atoms with Crippen molar-refractivity contribution >= 4 is 16.0 Å². The molecule has 5 heteroatoms. The van der Waals surface area contributed by atoms with Gasteiger partial charge in [-0.05, 0) is 19.1 Å². The molecule has 0 radical (unpaired) electrons. The molecule has 1 fully saturated rings. The molecule has 1 heterocycles. The number of hydrogen-bond donors (Lipinski definition) is 0. The molecule has 1 aromatic rings. The second-order valence-electron chi connectivity index (χ2n) is 4.64. The van der Waals surface area contributed by atoms with Gasteiger partial charge in [-0.25, -0.2) is 0 Å². The van der Waals surface area contributed by atoms with Gasteiger partial charge in [0, 0.05) is 0 Å². The van der Waals surface area contributed by atoms with Crippen molar-refractivity contribution in [1.82, 2.24) is 4.31 Å². The quantitative estimate of drug-likeness (QED) is 0.783. The van der Waals surface area contributed by atoms with Gasteiger partial charge in [-0.1, -0.05) is 26.2 Å². The molecule has 1 saturated heterocycles. The zero-order valence-corrected chi connectivity index (χ0v) is 12.1. The zero-order chi connectivity index (χ0) is 13.2. The third-order valence-electron chi connectivity index (χ3n) is 3.35. The van der Waals surface area contributed by atoms with Gasteiger partial charge in [0.15, 0.2) is 0 Å². The SMILES string of the molecule is Cc1ccc(N(C)[S+](C)(=O)N2CCOCC2)cc1. The van der Waals surface area contributed by atoms with Crippen LogP contribution in [0.2, 0.25) is 0 Å².